The molecule has 1 aliphatic carbocycles. The van der Waals surface area contributed by atoms with Crippen LogP contribution in [0.25, 0.3) is 0 Å². The highest BCUT2D eigenvalue weighted by molar-refractivity contribution is 5.93. The Kier molecular flexibility index (Phi) is 4.31. The van der Waals surface area contributed by atoms with Crippen molar-refractivity contribution >= 4 is 5.91 Å². The van der Waals surface area contributed by atoms with Crippen LogP contribution in [0.3, 0.4) is 0 Å². The van der Waals surface area contributed by atoms with Crippen molar-refractivity contribution in [3.63, 3.8) is 0 Å². The van der Waals surface area contributed by atoms with Crippen molar-refractivity contribution in [3.05, 3.63) is 29.6 Å². The van der Waals surface area contributed by atoms with E-state index in [9.17, 15) is 4.79 Å². The fraction of sp³-hybridized carbons (Fsp3) is 0.571. The van der Waals surface area contributed by atoms with Gasteiger partial charge in [0.25, 0.3) is 5.91 Å². The van der Waals surface area contributed by atoms with E-state index >= 15 is 0 Å². The summed E-state index contributed by atoms with van der Waals surface area (Å²) in [6.07, 6.45) is 6.06. The highest BCUT2D eigenvalue weighted by Gasteiger charge is 2.28. The van der Waals surface area contributed by atoms with Crippen LogP contribution in [-0.2, 0) is 0 Å². The molecule has 0 spiro atoms. The summed E-state index contributed by atoms with van der Waals surface area (Å²) in [5, 5.41) is 9.15. The molecule has 98 valence electrons. The summed E-state index contributed by atoms with van der Waals surface area (Å²) in [4.78, 5) is 18.5. The zero-order valence-corrected chi connectivity index (χ0v) is 10.8. The average Bonchev–Trinajstić information content (AvgIpc) is 2.89. The standard InChI is InChI=1S/C14H20N2O2/c1-11-5-4-8-15-13(11)14(18)16(9-10-17)12-6-2-3-7-12/h4-5,8,12,17H,2-3,6-7,9-10H2,1H3. The van der Waals surface area contributed by atoms with Crippen LogP contribution in [0.1, 0.15) is 41.7 Å². The van der Waals surface area contributed by atoms with Crippen molar-refractivity contribution in [1.29, 1.82) is 0 Å². The Hall–Kier alpha value is -1.42. The molecule has 18 heavy (non-hydrogen) atoms. The Morgan fingerprint density at radius 3 is 2.83 bits per heavy atom. The molecule has 0 aromatic carbocycles. The quantitative estimate of drug-likeness (QED) is 0.883. The van der Waals surface area contributed by atoms with Crippen molar-refractivity contribution in [3.8, 4) is 0 Å². The van der Waals surface area contributed by atoms with Crippen LogP contribution in [0.15, 0.2) is 18.3 Å². The number of aryl methyl sites for hydroxylation is 1. The summed E-state index contributed by atoms with van der Waals surface area (Å²) in [5.41, 5.74) is 1.40. The predicted molar refractivity (Wildman–Crippen MR) is 69.4 cm³/mol. The lowest BCUT2D eigenvalue weighted by Crippen LogP contribution is -2.41. The van der Waals surface area contributed by atoms with E-state index < -0.39 is 0 Å². The molecule has 1 saturated carbocycles. The van der Waals surface area contributed by atoms with E-state index in [1.165, 1.54) is 12.8 Å². The number of carbonyl (C=O) groups excluding carboxylic acids is 1. The molecule has 2 rings (SSSR count). The summed E-state index contributed by atoms with van der Waals surface area (Å²) < 4.78 is 0. The number of hydrogen-bond donors (Lipinski definition) is 1. The molecule has 0 saturated heterocycles. The third kappa shape index (κ3) is 2.70. The fourth-order valence-electron chi connectivity index (χ4n) is 2.62. The number of hydrogen-bond acceptors (Lipinski definition) is 3. The van der Waals surface area contributed by atoms with E-state index in [1.54, 1.807) is 11.1 Å². The number of carbonyl (C=O) groups is 1. The number of aliphatic hydroxyl groups excluding tert-OH is 1. The second-order valence-electron chi connectivity index (χ2n) is 4.83. The SMILES string of the molecule is Cc1cccnc1C(=O)N(CCO)C1CCCC1. The van der Waals surface area contributed by atoms with Gasteiger partial charge in [-0.1, -0.05) is 18.9 Å². The molecule has 0 radical (unpaired) electrons. The zero-order chi connectivity index (χ0) is 13.0. The minimum atomic E-state index is -0.0472. The first-order valence-corrected chi connectivity index (χ1v) is 6.57. The molecule has 1 aromatic heterocycles. The zero-order valence-electron chi connectivity index (χ0n) is 10.8. The van der Waals surface area contributed by atoms with Crippen LogP contribution in [-0.4, -0.2) is 40.1 Å². The van der Waals surface area contributed by atoms with Crippen molar-refractivity contribution in [2.24, 2.45) is 0 Å². The Balaban J connectivity index is 2.20. The maximum Gasteiger partial charge on any atom is 0.273 e. The minimum Gasteiger partial charge on any atom is -0.395 e. The topological polar surface area (TPSA) is 53.4 Å². The first-order valence-electron chi connectivity index (χ1n) is 6.57. The van der Waals surface area contributed by atoms with Crippen LogP contribution in [0.2, 0.25) is 0 Å². The Morgan fingerprint density at radius 2 is 2.22 bits per heavy atom. The highest BCUT2D eigenvalue weighted by atomic mass is 16.3. The van der Waals surface area contributed by atoms with Crippen LogP contribution in [0.4, 0.5) is 0 Å². The molecular weight excluding hydrogens is 228 g/mol. The monoisotopic (exact) mass is 248 g/mol. The van der Waals surface area contributed by atoms with E-state index in [1.807, 2.05) is 19.1 Å². The van der Waals surface area contributed by atoms with Gasteiger partial charge in [-0.05, 0) is 31.4 Å². The van der Waals surface area contributed by atoms with Gasteiger partial charge in [0.15, 0.2) is 0 Å². The van der Waals surface area contributed by atoms with Crippen LogP contribution in [0, 0.1) is 6.92 Å². The summed E-state index contributed by atoms with van der Waals surface area (Å²) in [7, 11) is 0. The Morgan fingerprint density at radius 1 is 1.50 bits per heavy atom. The van der Waals surface area contributed by atoms with E-state index in [4.69, 9.17) is 5.11 Å². The highest BCUT2D eigenvalue weighted by Crippen LogP contribution is 2.24. The summed E-state index contributed by atoms with van der Waals surface area (Å²) >= 11 is 0. The smallest absolute Gasteiger partial charge is 0.273 e. The molecule has 1 aliphatic rings. The fourth-order valence-corrected chi connectivity index (χ4v) is 2.62. The van der Waals surface area contributed by atoms with E-state index in [-0.39, 0.29) is 18.6 Å². The van der Waals surface area contributed by atoms with Crippen molar-refractivity contribution in [1.82, 2.24) is 9.88 Å². The number of aliphatic hydroxyl groups is 1. The average molecular weight is 248 g/mol. The molecular formula is C14H20N2O2. The van der Waals surface area contributed by atoms with Gasteiger partial charge in [-0.25, -0.2) is 0 Å². The van der Waals surface area contributed by atoms with Gasteiger partial charge in [-0.15, -0.1) is 0 Å². The molecule has 0 aliphatic heterocycles. The van der Waals surface area contributed by atoms with Gasteiger partial charge in [0, 0.05) is 18.8 Å². The second-order valence-corrected chi connectivity index (χ2v) is 4.83. The maximum absolute atomic E-state index is 12.5. The lowest BCUT2D eigenvalue weighted by atomic mass is 10.1. The molecule has 1 aromatic rings. The minimum absolute atomic E-state index is 0.00806. The molecule has 4 heteroatoms. The van der Waals surface area contributed by atoms with Crippen molar-refractivity contribution in [2.75, 3.05) is 13.2 Å². The van der Waals surface area contributed by atoms with Crippen LogP contribution in [0.5, 0.6) is 0 Å². The first-order chi connectivity index (χ1) is 8.74. The van der Waals surface area contributed by atoms with E-state index in [0.29, 0.717) is 12.2 Å². The summed E-state index contributed by atoms with van der Waals surface area (Å²) in [6, 6.07) is 4.00. The number of pyridine rings is 1. The second kappa shape index (κ2) is 5.96. The van der Waals surface area contributed by atoms with E-state index in [0.717, 1.165) is 18.4 Å². The van der Waals surface area contributed by atoms with E-state index in [2.05, 4.69) is 4.98 Å². The number of aromatic nitrogens is 1. The van der Waals surface area contributed by atoms with Crippen LogP contribution >= 0.6 is 0 Å². The summed E-state index contributed by atoms with van der Waals surface area (Å²) in [5.74, 6) is -0.0472. The normalized spacial score (nSPS) is 15.9. The van der Waals surface area contributed by atoms with Crippen molar-refractivity contribution < 1.29 is 9.90 Å². The first kappa shape index (κ1) is 13.0. The third-order valence-electron chi connectivity index (χ3n) is 3.58. The molecule has 1 fully saturated rings. The van der Waals surface area contributed by atoms with Gasteiger partial charge >= 0.3 is 0 Å². The lowest BCUT2D eigenvalue weighted by molar-refractivity contribution is 0.0631. The molecule has 1 heterocycles. The predicted octanol–water partition coefficient (Wildman–Crippen LogP) is 1.77. The summed E-state index contributed by atoms with van der Waals surface area (Å²) in [6.45, 7) is 2.31. The molecule has 0 unspecified atom stereocenters. The van der Waals surface area contributed by atoms with Gasteiger partial charge < -0.3 is 10.0 Å². The molecule has 4 nitrogen and oxygen atoms in total. The number of amides is 1. The van der Waals surface area contributed by atoms with Gasteiger partial charge in [-0.2, -0.15) is 0 Å². The molecule has 0 bridgehead atoms. The Bertz CT molecular complexity index is 414. The number of rotatable bonds is 4. The van der Waals surface area contributed by atoms with Gasteiger partial charge in [-0.3, -0.25) is 9.78 Å². The van der Waals surface area contributed by atoms with Crippen LogP contribution < -0.4 is 0 Å². The molecule has 0 atom stereocenters. The molecule has 1 amide bonds. The largest absolute Gasteiger partial charge is 0.395 e. The maximum atomic E-state index is 12.5. The molecule has 1 N–H and O–H groups in total. The Labute approximate surface area is 108 Å². The third-order valence-corrected chi connectivity index (χ3v) is 3.58. The van der Waals surface area contributed by atoms with Gasteiger partial charge in [0.05, 0.1) is 6.61 Å². The van der Waals surface area contributed by atoms with Crippen molar-refractivity contribution in [2.45, 2.75) is 38.6 Å². The lowest BCUT2D eigenvalue weighted by Gasteiger charge is -2.28. The van der Waals surface area contributed by atoms with Gasteiger partial charge in [0.2, 0.25) is 0 Å². The van der Waals surface area contributed by atoms with Gasteiger partial charge in [0.1, 0.15) is 5.69 Å². The number of nitrogens with zero attached hydrogens (tertiary/aromatic N) is 2.